The molecule has 120 valence electrons. The molecule has 0 spiro atoms. The third kappa shape index (κ3) is 3.24. The van der Waals surface area contributed by atoms with E-state index < -0.39 is 0 Å². The summed E-state index contributed by atoms with van der Waals surface area (Å²) in [6, 6.07) is 9.40. The lowest BCUT2D eigenvalue weighted by Crippen LogP contribution is -2.13. The van der Waals surface area contributed by atoms with Crippen molar-refractivity contribution in [3.05, 3.63) is 55.4 Å². The second-order valence-electron chi connectivity index (χ2n) is 5.70. The van der Waals surface area contributed by atoms with Crippen molar-refractivity contribution >= 4 is 23.1 Å². The van der Waals surface area contributed by atoms with Crippen molar-refractivity contribution in [1.82, 2.24) is 19.5 Å². The van der Waals surface area contributed by atoms with Crippen molar-refractivity contribution in [2.45, 2.75) is 12.8 Å². The average molecular weight is 320 g/mol. The molecule has 7 heteroatoms. The first kappa shape index (κ1) is 14.4. The smallest absolute Gasteiger partial charge is 0.227 e. The molecule has 2 N–H and O–H groups in total. The van der Waals surface area contributed by atoms with Gasteiger partial charge in [0.15, 0.2) is 0 Å². The fraction of sp³-hybridized carbons (Fsp3) is 0.176. The van der Waals surface area contributed by atoms with E-state index in [1.807, 2.05) is 41.1 Å². The van der Waals surface area contributed by atoms with Crippen LogP contribution in [0.2, 0.25) is 0 Å². The Morgan fingerprint density at radius 1 is 1.12 bits per heavy atom. The van der Waals surface area contributed by atoms with Crippen LogP contribution in [-0.2, 0) is 4.79 Å². The number of amides is 1. The Morgan fingerprint density at radius 3 is 2.62 bits per heavy atom. The minimum absolute atomic E-state index is 0.108. The number of aromatic nitrogens is 4. The van der Waals surface area contributed by atoms with Gasteiger partial charge in [0, 0.05) is 35.8 Å². The van der Waals surface area contributed by atoms with Crippen LogP contribution in [-0.4, -0.2) is 25.4 Å². The zero-order valence-electron chi connectivity index (χ0n) is 12.9. The van der Waals surface area contributed by atoms with Gasteiger partial charge in [-0.25, -0.2) is 15.0 Å². The Kier molecular flexibility index (Phi) is 3.66. The SMILES string of the molecule is O=C(Nc1ccc(Nc2cc(-n3ccnc3)ncn2)cc1)C1CC1. The number of carbonyl (C=O) groups is 1. The van der Waals surface area contributed by atoms with Crippen molar-refractivity contribution in [2.75, 3.05) is 10.6 Å². The summed E-state index contributed by atoms with van der Waals surface area (Å²) in [5.41, 5.74) is 1.69. The van der Waals surface area contributed by atoms with Crippen LogP contribution in [0.5, 0.6) is 0 Å². The molecule has 1 saturated carbocycles. The molecule has 2 aromatic heterocycles. The standard InChI is InChI=1S/C17H16N6O/c24-17(12-1-2-12)22-14-5-3-13(4-6-14)21-15-9-16(20-10-19-15)23-8-7-18-11-23/h3-12H,1-2H2,(H,22,24)(H,19,20,21). The van der Waals surface area contributed by atoms with Crippen LogP contribution in [0.15, 0.2) is 55.4 Å². The second-order valence-corrected chi connectivity index (χ2v) is 5.70. The topological polar surface area (TPSA) is 84.7 Å². The minimum Gasteiger partial charge on any atom is -0.340 e. The van der Waals surface area contributed by atoms with Crippen LogP contribution in [0.25, 0.3) is 5.82 Å². The molecule has 0 radical (unpaired) electrons. The monoisotopic (exact) mass is 320 g/mol. The van der Waals surface area contributed by atoms with Crippen LogP contribution >= 0.6 is 0 Å². The molecule has 0 aliphatic heterocycles. The van der Waals surface area contributed by atoms with Gasteiger partial charge < -0.3 is 10.6 Å². The van der Waals surface area contributed by atoms with E-state index >= 15 is 0 Å². The Labute approximate surface area is 138 Å². The molecule has 0 unspecified atom stereocenters. The molecule has 24 heavy (non-hydrogen) atoms. The summed E-state index contributed by atoms with van der Waals surface area (Å²) in [5.74, 6) is 1.73. The summed E-state index contributed by atoms with van der Waals surface area (Å²) >= 11 is 0. The highest BCUT2D eigenvalue weighted by atomic mass is 16.2. The van der Waals surface area contributed by atoms with E-state index in [0.717, 1.165) is 30.0 Å². The number of hydrogen-bond donors (Lipinski definition) is 2. The van der Waals surface area contributed by atoms with E-state index in [1.54, 1.807) is 12.5 Å². The number of nitrogens with one attached hydrogen (secondary N) is 2. The van der Waals surface area contributed by atoms with Gasteiger partial charge in [-0.05, 0) is 37.1 Å². The molecule has 1 aliphatic rings. The molecular weight excluding hydrogens is 304 g/mol. The summed E-state index contributed by atoms with van der Waals surface area (Å²) < 4.78 is 1.81. The Morgan fingerprint density at radius 2 is 1.92 bits per heavy atom. The average Bonchev–Trinajstić information content (AvgIpc) is 3.32. The zero-order valence-corrected chi connectivity index (χ0v) is 12.9. The lowest BCUT2D eigenvalue weighted by Gasteiger charge is -2.09. The van der Waals surface area contributed by atoms with Crippen LogP contribution in [0.4, 0.5) is 17.2 Å². The molecule has 0 saturated heterocycles. The van der Waals surface area contributed by atoms with E-state index in [9.17, 15) is 4.79 Å². The molecule has 4 rings (SSSR count). The van der Waals surface area contributed by atoms with E-state index in [1.165, 1.54) is 6.33 Å². The minimum atomic E-state index is 0.108. The highest BCUT2D eigenvalue weighted by Gasteiger charge is 2.29. The molecular formula is C17H16N6O. The van der Waals surface area contributed by atoms with Gasteiger partial charge in [-0.1, -0.05) is 0 Å². The maximum absolute atomic E-state index is 11.7. The van der Waals surface area contributed by atoms with Crippen LogP contribution in [0.1, 0.15) is 12.8 Å². The number of rotatable bonds is 5. The molecule has 1 aliphatic carbocycles. The summed E-state index contributed by atoms with van der Waals surface area (Å²) in [5, 5.41) is 6.14. The van der Waals surface area contributed by atoms with Crippen molar-refractivity contribution < 1.29 is 4.79 Å². The lowest BCUT2D eigenvalue weighted by atomic mass is 10.2. The van der Waals surface area contributed by atoms with Crippen LogP contribution in [0.3, 0.4) is 0 Å². The number of anilines is 3. The van der Waals surface area contributed by atoms with Crippen molar-refractivity contribution in [2.24, 2.45) is 5.92 Å². The van der Waals surface area contributed by atoms with Gasteiger partial charge in [-0.2, -0.15) is 0 Å². The number of carbonyl (C=O) groups excluding carboxylic acids is 1. The van der Waals surface area contributed by atoms with Crippen molar-refractivity contribution in [3.8, 4) is 5.82 Å². The van der Waals surface area contributed by atoms with Gasteiger partial charge in [0.2, 0.25) is 5.91 Å². The maximum Gasteiger partial charge on any atom is 0.227 e. The predicted molar refractivity (Wildman–Crippen MR) is 90.2 cm³/mol. The molecule has 1 aromatic carbocycles. The largest absolute Gasteiger partial charge is 0.340 e. The number of imidazole rings is 1. The first-order valence-corrected chi connectivity index (χ1v) is 7.76. The zero-order chi connectivity index (χ0) is 16.4. The van der Waals surface area contributed by atoms with E-state index in [-0.39, 0.29) is 11.8 Å². The lowest BCUT2D eigenvalue weighted by molar-refractivity contribution is -0.117. The first-order valence-electron chi connectivity index (χ1n) is 7.76. The summed E-state index contributed by atoms with van der Waals surface area (Å²) in [6.45, 7) is 0. The highest BCUT2D eigenvalue weighted by Crippen LogP contribution is 2.30. The van der Waals surface area contributed by atoms with Gasteiger partial charge >= 0.3 is 0 Å². The normalized spacial score (nSPS) is 13.5. The number of nitrogens with zero attached hydrogens (tertiary/aromatic N) is 4. The molecule has 1 fully saturated rings. The third-order valence-electron chi connectivity index (χ3n) is 3.79. The van der Waals surface area contributed by atoms with Crippen molar-refractivity contribution in [1.29, 1.82) is 0 Å². The maximum atomic E-state index is 11.7. The fourth-order valence-electron chi connectivity index (χ4n) is 2.33. The summed E-state index contributed by atoms with van der Waals surface area (Å²) in [7, 11) is 0. The second kappa shape index (κ2) is 6.11. The molecule has 0 atom stereocenters. The predicted octanol–water partition coefficient (Wildman–Crippen LogP) is 2.75. The third-order valence-corrected chi connectivity index (χ3v) is 3.79. The van der Waals surface area contributed by atoms with Crippen molar-refractivity contribution in [3.63, 3.8) is 0 Å². The molecule has 3 aromatic rings. The van der Waals surface area contributed by atoms with Gasteiger partial charge in [0.25, 0.3) is 0 Å². The molecule has 0 bridgehead atoms. The molecule has 7 nitrogen and oxygen atoms in total. The quantitative estimate of drug-likeness (QED) is 0.755. The molecule has 2 heterocycles. The number of benzene rings is 1. The Bertz CT molecular complexity index is 840. The van der Waals surface area contributed by atoms with Crippen LogP contribution in [0, 0.1) is 5.92 Å². The van der Waals surface area contributed by atoms with E-state index in [4.69, 9.17) is 0 Å². The van der Waals surface area contributed by atoms with E-state index in [2.05, 4.69) is 25.6 Å². The fourth-order valence-corrected chi connectivity index (χ4v) is 2.33. The first-order chi connectivity index (χ1) is 11.8. The Hall–Kier alpha value is -3.22. The molecule has 1 amide bonds. The van der Waals surface area contributed by atoms with Crippen LogP contribution < -0.4 is 10.6 Å². The summed E-state index contributed by atoms with van der Waals surface area (Å²) in [4.78, 5) is 24.2. The van der Waals surface area contributed by atoms with Gasteiger partial charge in [0.05, 0.1) is 0 Å². The highest BCUT2D eigenvalue weighted by molar-refractivity contribution is 5.94. The summed E-state index contributed by atoms with van der Waals surface area (Å²) in [6.07, 6.45) is 8.70. The van der Waals surface area contributed by atoms with E-state index in [0.29, 0.717) is 5.82 Å². The Balaban J connectivity index is 1.45. The van der Waals surface area contributed by atoms with Gasteiger partial charge in [0.1, 0.15) is 24.3 Å². The number of hydrogen-bond acceptors (Lipinski definition) is 5. The van der Waals surface area contributed by atoms with Gasteiger partial charge in [-0.3, -0.25) is 9.36 Å². The van der Waals surface area contributed by atoms with Gasteiger partial charge in [-0.15, -0.1) is 0 Å².